The molecule has 1 saturated carbocycles. The molecular formula is C15H17FN2O. The van der Waals surface area contributed by atoms with Crippen LogP contribution in [0.1, 0.15) is 42.5 Å². The third-order valence-electron chi connectivity index (χ3n) is 3.65. The number of hydrogen-bond donors (Lipinski definition) is 1. The summed E-state index contributed by atoms with van der Waals surface area (Å²) in [6.45, 7) is 0. The van der Waals surface area contributed by atoms with Gasteiger partial charge in [0.2, 0.25) is 0 Å². The summed E-state index contributed by atoms with van der Waals surface area (Å²) in [4.78, 5) is 12.0. The lowest BCUT2D eigenvalue weighted by atomic mass is 9.84. The lowest BCUT2D eigenvalue weighted by molar-refractivity contribution is 0.0929. The Bertz CT molecular complexity index is 472. The maximum atomic E-state index is 12.8. The van der Waals surface area contributed by atoms with E-state index in [2.05, 4.69) is 11.4 Å². The molecule has 0 bridgehead atoms. The van der Waals surface area contributed by atoms with Crippen molar-refractivity contribution in [2.45, 2.75) is 38.1 Å². The Morgan fingerprint density at radius 2 is 1.89 bits per heavy atom. The van der Waals surface area contributed by atoms with Gasteiger partial charge in [-0.3, -0.25) is 4.79 Å². The van der Waals surface area contributed by atoms with Crippen molar-refractivity contribution in [1.82, 2.24) is 5.32 Å². The number of hydrogen-bond acceptors (Lipinski definition) is 2. The molecule has 1 fully saturated rings. The minimum Gasteiger partial charge on any atom is -0.336 e. The molecule has 4 heteroatoms. The number of halogens is 1. The van der Waals surface area contributed by atoms with Crippen molar-refractivity contribution in [3.8, 4) is 6.07 Å². The lowest BCUT2D eigenvalue weighted by Gasteiger charge is -2.26. The highest BCUT2D eigenvalue weighted by molar-refractivity contribution is 5.94. The first-order chi connectivity index (χ1) is 9.20. The Morgan fingerprint density at radius 3 is 2.47 bits per heavy atom. The standard InChI is InChI=1S/C15H17FN2O/c16-13-8-6-12(7-9-13)15(19)18-14(10-17)11-4-2-1-3-5-11/h6-9,11,14H,1-5H2,(H,18,19). The van der Waals surface area contributed by atoms with E-state index in [0.717, 1.165) is 25.7 Å². The number of nitrogens with zero attached hydrogens (tertiary/aromatic N) is 1. The van der Waals surface area contributed by atoms with E-state index < -0.39 is 6.04 Å². The van der Waals surface area contributed by atoms with Crippen LogP contribution in [-0.2, 0) is 0 Å². The van der Waals surface area contributed by atoms with Gasteiger partial charge in [0.15, 0.2) is 0 Å². The molecule has 1 aliphatic carbocycles. The van der Waals surface area contributed by atoms with Gasteiger partial charge in [-0.25, -0.2) is 4.39 Å². The van der Waals surface area contributed by atoms with Crippen molar-refractivity contribution in [3.63, 3.8) is 0 Å². The van der Waals surface area contributed by atoms with Crippen molar-refractivity contribution < 1.29 is 9.18 Å². The minimum absolute atomic E-state index is 0.239. The van der Waals surface area contributed by atoms with Gasteiger partial charge in [-0.2, -0.15) is 5.26 Å². The highest BCUT2D eigenvalue weighted by atomic mass is 19.1. The van der Waals surface area contributed by atoms with Crippen molar-refractivity contribution >= 4 is 5.91 Å². The molecule has 100 valence electrons. The minimum atomic E-state index is -0.446. The first-order valence-corrected chi connectivity index (χ1v) is 6.67. The molecule has 0 heterocycles. The van der Waals surface area contributed by atoms with Gasteiger partial charge in [0, 0.05) is 5.56 Å². The first kappa shape index (κ1) is 13.5. The van der Waals surface area contributed by atoms with Gasteiger partial charge in [-0.05, 0) is 43.0 Å². The van der Waals surface area contributed by atoms with Crippen molar-refractivity contribution in [1.29, 1.82) is 5.26 Å². The van der Waals surface area contributed by atoms with Gasteiger partial charge in [-0.1, -0.05) is 19.3 Å². The lowest BCUT2D eigenvalue weighted by Crippen LogP contribution is -2.40. The summed E-state index contributed by atoms with van der Waals surface area (Å²) < 4.78 is 12.8. The maximum absolute atomic E-state index is 12.8. The Hall–Kier alpha value is -1.89. The highest BCUT2D eigenvalue weighted by Gasteiger charge is 2.25. The molecule has 1 aromatic carbocycles. The number of benzene rings is 1. The van der Waals surface area contributed by atoms with Gasteiger partial charge < -0.3 is 5.32 Å². The second kappa shape index (κ2) is 6.33. The molecule has 0 spiro atoms. The van der Waals surface area contributed by atoms with Crippen LogP contribution in [0.2, 0.25) is 0 Å². The van der Waals surface area contributed by atoms with Crippen molar-refractivity contribution in [2.75, 3.05) is 0 Å². The van der Waals surface area contributed by atoms with Crippen LogP contribution in [0.5, 0.6) is 0 Å². The Labute approximate surface area is 112 Å². The van der Waals surface area contributed by atoms with E-state index in [9.17, 15) is 14.4 Å². The molecule has 0 radical (unpaired) electrons. The third kappa shape index (κ3) is 3.54. The fourth-order valence-electron chi connectivity index (χ4n) is 2.55. The van der Waals surface area contributed by atoms with Crippen LogP contribution in [0.15, 0.2) is 24.3 Å². The number of nitriles is 1. The largest absolute Gasteiger partial charge is 0.336 e. The Balaban J connectivity index is 1.99. The van der Waals surface area contributed by atoms with Crippen LogP contribution >= 0.6 is 0 Å². The topological polar surface area (TPSA) is 52.9 Å². The average Bonchev–Trinajstić information content (AvgIpc) is 2.46. The summed E-state index contributed by atoms with van der Waals surface area (Å²) in [5.41, 5.74) is 0.387. The van der Waals surface area contributed by atoms with Gasteiger partial charge in [-0.15, -0.1) is 0 Å². The van der Waals surface area contributed by atoms with Crippen LogP contribution in [0.3, 0.4) is 0 Å². The zero-order valence-corrected chi connectivity index (χ0v) is 10.7. The molecule has 0 saturated heterocycles. The van der Waals surface area contributed by atoms with E-state index in [0.29, 0.717) is 5.56 Å². The number of rotatable bonds is 3. The number of amides is 1. The molecule has 1 aromatic rings. The highest BCUT2D eigenvalue weighted by Crippen LogP contribution is 2.26. The van der Waals surface area contributed by atoms with Crippen LogP contribution < -0.4 is 5.32 Å². The predicted octanol–water partition coefficient (Wildman–Crippen LogP) is 3.03. The Kier molecular flexibility index (Phi) is 4.51. The van der Waals surface area contributed by atoms with Gasteiger partial charge in [0.05, 0.1) is 6.07 Å². The molecular weight excluding hydrogens is 243 g/mol. The van der Waals surface area contributed by atoms with Gasteiger partial charge in [0.25, 0.3) is 5.91 Å². The van der Waals surface area contributed by atoms with Crippen LogP contribution in [0.25, 0.3) is 0 Å². The van der Waals surface area contributed by atoms with Crippen LogP contribution in [0, 0.1) is 23.1 Å². The molecule has 1 N–H and O–H groups in total. The quantitative estimate of drug-likeness (QED) is 0.908. The van der Waals surface area contributed by atoms with E-state index in [-0.39, 0.29) is 17.6 Å². The molecule has 1 aliphatic rings. The van der Waals surface area contributed by atoms with Gasteiger partial charge >= 0.3 is 0 Å². The van der Waals surface area contributed by atoms with E-state index in [1.54, 1.807) is 0 Å². The van der Waals surface area contributed by atoms with E-state index >= 15 is 0 Å². The summed E-state index contributed by atoms with van der Waals surface area (Å²) in [6, 6.07) is 7.09. The second-order valence-electron chi connectivity index (χ2n) is 4.99. The zero-order valence-electron chi connectivity index (χ0n) is 10.7. The molecule has 0 aromatic heterocycles. The molecule has 19 heavy (non-hydrogen) atoms. The molecule has 1 amide bonds. The maximum Gasteiger partial charge on any atom is 0.252 e. The summed E-state index contributed by atoms with van der Waals surface area (Å²) in [7, 11) is 0. The molecule has 1 atom stereocenters. The SMILES string of the molecule is N#CC(NC(=O)c1ccc(F)cc1)C1CCCCC1. The van der Waals surface area contributed by atoms with E-state index in [4.69, 9.17) is 0 Å². The molecule has 3 nitrogen and oxygen atoms in total. The van der Waals surface area contributed by atoms with E-state index in [1.165, 1.54) is 30.7 Å². The smallest absolute Gasteiger partial charge is 0.252 e. The predicted molar refractivity (Wildman–Crippen MR) is 69.8 cm³/mol. The number of nitrogens with one attached hydrogen (secondary N) is 1. The van der Waals surface area contributed by atoms with Crippen LogP contribution in [0.4, 0.5) is 4.39 Å². The average molecular weight is 260 g/mol. The fraction of sp³-hybridized carbons (Fsp3) is 0.467. The summed E-state index contributed by atoms with van der Waals surface area (Å²) >= 11 is 0. The number of carbonyl (C=O) groups excluding carboxylic acids is 1. The molecule has 1 unspecified atom stereocenters. The molecule has 0 aliphatic heterocycles. The van der Waals surface area contributed by atoms with E-state index in [1.807, 2.05) is 0 Å². The normalized spacial score (nSPS) is 17.5. The molecule has 2 rings (SSSR count). The fourth-order valence-corrected chi connectivity index (χ4v) is 2.55. The van der Waals surface area contributed by atoms with Crippen molar-refractivity contribution in [2.24, 2.45) is 5.92 Å². The summed E-state index contributed by atoms with van der Waals surface area (Å²) in [5, 5.41) is 11.9. The van der Waals surface area contributed by atoms with Gasteiger partial charge in [0.1, 0.15) is 11.9 Å². The Morgan fingerprint density at radius 1 is 1.26 bits per heavy atom. The van der Waals surface area contributed by atoms with Crippen LogP contribution in [-0.4, -0.2) is 11.9 Å². The number of carbonyl (C=O) groups is 1. The summed E-state index contributed by atoms with van der Waals surface area (Å²) in [5.74, 6) is -0.444. The third-order valence-corrected chi connectivity index (χ3v) is 3.65. The summed E-state index contributed by atoms with van der Waals surface area (Å²) in [6.07, 6.45) is 5.43. The first-order valence-electron chi connectivity index (χ1n) is 6.67. The zero-order chi connectivity index (χ0) is 13.7. The monoisotopic (exact) mass is 260 g/mol. The second-order valence-corrected chi connectivity index (χ2v) is 4.99. The van der Waals surface area contributed by atoms with Crippen molar-refractivity contribution in [3.05, 3.63) is 35.6 Å².